The molecule has 3 aromatic rings. The molecule has 35 heavy (non-hydrogen) atoms. The lowest BCUT2D eigenvalue weighted by Crippen LogP contribution is -2.27. The second-order valence-electron chi connectivity index (χ2n) is 10.0. The van der Waals surface area contributed by atoms with Crippen molar-refractivity contribution in [2.45, 2.75) is 94.1 Å². The number of carbonyl (C=O) groups excluding carboxylic acids is 1. The second-order valence-corrected chi connectivity index (χ2v) is 11.4. The average molecular weight is 488 g/mol. The molecule has 1 fully saturated rings. The average Bonchev–Trinajstić information content (AvgIpc) is 2.89. The number of hydrogen-bond acceptors (Lipinski definition) is 2. The lowest BCUT2D eigenvalue weighted by molar-refractivity contribution is -0.120. The molecular formula is C32H41NOS. The maximum absolute atomic E-state index is 12.5. The van der Waals surface area contributed by atoms with Gasteiger partial charge >= 0.3 is 0 Å². The van der Waals surface area contributed by atoms with Crippen LogP contribution in [0.2, 0.25) is 0 Å². The zero-order chi connectivity index (χ0) is 24.3. The maximum atomic E-state index is 12.5. The minimum Gasteiger partial charge on any atom is -0.355 e. The van der Waals surface area contributed by atoms with Gasteiger partial charge in [-0.05, 0) is 65.6 Å². The monoisotopic (exact) mass is 487 g/mol. The molecular weight excluding hydrogens is 446 g/mol. The Balaban J connectivity index is 1.51. The molecule has 0 saturated heterocycles. The predicted octanol–water partition coefficient (Wildman–Crippen LogP) is 8.29. The summed E-state index contributed by atoms with van der Waals surface area (Å²) in [6.07, 6.45) is 14.5. The highest BCUT2D eigenvalue weighted by atomic mass is 32.2. The van der Waals surface area contributed by atoms with E-state index >= 15 is 0 Å². The summed E-state index contributed by atoms with van der Waals surface area (Å²) in [7, 11) is 0. The van der Waals surface area contributed by atoms with E-state index in [2.05, 4.69) is 54.3 Å². The number of unbranched alkanes of at least 4 members (excludes halogenated alkanes) is 3. The molecule has 0 heterocycles. The minimum atomic E-state index is 0.102. The van der Waals surface area contributed by atoms with E-state index in [0.717, 1.165) is 23.7 Å². The lowest BCUT2D eigenvalue weighted by Gasteiger charge is -2.23. The van der Waals surface area contributed by atoms with E-state index in [4.69, 9.17) is 0 Å². The fourth-order valence-electron chi connectivity index (χ4n) is 5.35. The van der Waals surface area contributed by atoms with Crippen LogP contribution in [0.5, 0.6) is 0 Å². The van der Waals surface area contributed by atoms with Crippen molar-refractivity contribution in [2.75, 3.05) is 6.54 Å². The van der Waals surface area contributed by atoms with Crippen LogP contribution in [0, 0.1) is 0 Å². The third-order valence-electron chi connectivity index (χ3n) is 7.25. The summed E-state index contributed by atoms with van der Waals surface area (Å²) in [4.78, 5) is 14.0. The van der Waals surface area contributed by atoms with Crippen molar-refractivity contribution in [3.05, 3.63) is 77.4 Å². The molecule has 1 N–H and O–H groups in total. The van der Waals surface area contributed by atoms with Gasteiger partial charge in [0.15, 0.2) is 0 Å². The SMILES string of the molecule is CCCCCCc1c(SC2CCCCC2)ccc2cccc(CCNC(=O)Cc3ccccc3)c12. The number of thioether (sulfide) groups is 1. The van der Waals surface area contributed by atoms with Crippen LogP contribution in [0.15, 0.2) is 65.6 Å². The summed E-state index contributed by atoms with van der Waals surface area (Å²) in [6.45, 7) is 2.96. The zero-order valence-corrected chi connectivity index (χ0v) is 22.2. The van der Waals surface area contributed by atoms with Crippen molar-refractivity contribution in [3.63, 3.8) is 0 Å². The minimum absolute atomic E-state index is 0.102. The molecule has 3 heteroatoms. The Bertz CT molecular complexity index is 1070. The maximum Gasteiger partial charge on any atom is 0.224 e. The summed E-state index contributed by atoms with van der Waals surface area (Å²) in [6, 6.07) is 21.4. The number of amides is 1. The van der Waals surface area contributed by atoms with Crippen LogP contribution in [-0.2, 0) is 24.1 Å². The van der Waals surface area contributed by atoms with Crippen molar-refractivity contribution >= 4 is 28.4 Å². The van der Waals surface area contributed by atoms with Gasteiger partial charge < -0.3 is 5.32 Å². The number of nitrogens with one attached hydrogen (secondary N) is 1. The molecule has 1 aliphatic carbocycles. The summed E-state index contributed by atoms with van der Waals surface area (Å²) >= 11 is 2.14. The molecule has 0 aliphatic heterocycles. The molecule has 0 aromatic heterocycles. The first-order valence-corrected chi connectivity index (χ1v) is 14.6. The van der Waals surface area contributed by atoms with Crippen LogP contribution >= 0.6 is 11.8 Å². The van der Waals surface area contributed by atoms with Gasteiger partial charge in [0.25, 0.3) is 0 Å². The van der Waals surface area contributed by atoms with E-state index in [1.54, 1.807) is 5.56 Å². The highest BCUT2D eigenvalue weighted by Gasteiger charge is 2.18. The Morgan fingerprint density at radius 1 is 0.886 bits per heavy atom. The highest BCUT2D eigenvalue weighted by molar-refractivity contribution is 8.00. The summed E-state index contributed by atoms with van der Waals surface area (Å²) < 4.78 is 0. The van der Waals surface area contributed by atoms with Crippen molar-refractivity contribution in [1.82, 2.24) is 5.32 Å². The molecule has 4 rings (SSSR count). The predicted molar refractivity (Wildman–Crippen MR) is 151 cm³/mol. The molecule has 0 radical (unpaired) electrons. The first kappa shape index (κ1) is 25.8. The number of rotatable bonds is 12. The molecule has 186 valence electrons. The van der Waals surface area contributed by atoms with Gasteiger partial charge in [0.1, 0.15) is 0 Å². The number of benzene rings is 3. The Hall–Kier alpha value is -2.26. The number of aryl methyl sites for hydroxylation is 1. The third-order valence-corrected chi connectivity index (χ3v) is 8.69. The first-order valence-electron chi connectivity index (χ1n) is 13.8. The van der Waals surface area contributed by atoms with E-state index in [1.807, 2.05) is 30.3 Å². The fraction of sp³-hybridized carbons (Fsp3) is 0.469. The molecule has 0 unspecified atom stereocenters. The third kappa shape index (κ3) is 7.61. The number of fused-ring (bicyclic) bond motifs is 1. The first-order chi connectivity index (χ1) is 17.2. The largest absolute Gasteiger partial charge is 0.355 e. The summed E-state index contributed by atoms with van der Waals surface area (Å²) in [5, 5.41) is 6.71. The Kier molecular flexibility index (Phi) is 10.1. The van der Waals surface area contributed by atoms with E-state index in [1.165, 1.54) is 79.0 Å². The number of carbonyl (C=O) groups is 1. The van der Waals surface area contributed by atoms with Gasteiger partial charge in [0, 0.05) is 16.7 Å². The van der Waals surface area contributed by atoms with E-state index in [-0.39, 0.29) is 5.91 Å². The van der Waals surface area contributed by atoms with Crippen LogP contribution < -0.4 is 5.32 Å². The zero-order valence-electron chi connectivity index (χ0n) is 21.4. The van der Waals surface area contributed by atoms with Gasteiger partial charge in [-0.1, -0.05) is 100 Å². The van der Waals surface area contributed by atoms with E-state index < -0.39 is 0 Å². The van der Waals surface area contributed by atoms with Gasteiger partial charge in [-0.15, -0.1) is 11.8 Å². The molecule has 0 bridgehead atoms. The highest BCUT2D eigenvalue weighted by Crippen LogP contribution is 2.39. The van der Waals surface area contributed by atoms with Crippen LogP contribution in [0.3, 0.4) is 0 Å². The van der Waals surface area contributed by atoms with E-state index in [9.17, 15) is 4.79 Å². The van der Waals surface area contributed by atoms with Gasteiger partial charge in [-0.2, -0.15) is 0 Å². The molecule has 1 amide bonds. The Morgan fingerprint density at radius 2 is 1.71 bits per heavy atom. The summed E-state index contributed by atoms with van der Waals surface area (Å²) in [5.41, 5.74) is 3.99. The van der Waals surface area contributed by atoms with Crippen LogP contribution in [0.25, 0.3) is 10.8 Å². The van der Waals surface area contributed by atoms with Crippen LogP contribution in [0.1, 0.15) is 81.4 Å². The molecule has 3 aromatic carbocycles. The molecule has 0 atom stereocenters. The smallest absolute Gasteiger partial charge is 0.224 e. The van der Waals surface area contributed by atoms with Gasteiger partial charge in [-0.25, -0.2) is 0 Å². The van der Waals surface area contributed by atoms with E-state index in [0.29, 0.717) is 13.0 Å². The fourth-order valence-corrected chi connectivity index (χ4v) is 6.78. The van der Waals surface area contributed by atoms with Crippen molar-refractivity contribution in [3.8, 4) is 0 Å². The quantitative estimate of drug-likeness (QED) is 0.260. The van der Waals surface area contributed by atoms with Crippen LogP contribution in [-0.4, -0.2) is 17.7 Å². The van der Waals surface area contributed by atoms with Crippen molar-refractivity contribution < 1.29 is 4.79 Å². The molecule has 2 nitrogen and oxygen atoms in total. The van der Waals surface area contributed by atoms with Gasteiger partial charge in [-0.3, -0.25) is 4.79 Å². The topological polar surface area (TPSA) is 29.1 Å². The standard InChI is InChI=1S/C32H41NOS/c1-2-3-4-11-19-29-30(35-28-17-9-6-10-18-28)21-20-26-15-12-16-27(32(26)29)22-23-33-31(34)24-25-13-7-5-8-14-25/h5,7-8,12-16,20-21,28H,2-4,6,9-11,17-19,22-24H2,1H3,(H,33,34). The van der Waals surface area contributed by atoms with Crippen LogP contribution in [0.4, 0.5) is 0 Å². The molecule has 0 spiro atoms. The molecule has 1 saturated carbocycles. The molecule has 1 aliphatic rings. The number of hydrogen-bond donors (Lipinski definition) is 1. The van der Waals surface area contributed by atoms with Crippen molar-refractivity contribution in [1.29, 1.82) is 0 Å². The van der Waals surface area contributed by atoms with Crippen molar-refractivity contribution in [2.24, 2.45) is 0 Å². The summed E-state index contributed by atoms with van der Waals surface area (Å²) in [5.74, 6) is 0.102. The second kappa shape index (κ2) is 13.7. The van der Waals surface area contributed by atoms with Gasteiger partial charge in [0.2, 0.25) is 5.91 Å². The lowest BCUT2D eigenvalue weighted by atomic mass is 9.94. The normalized spacial score (nSPS) is 14.3. The Morgan fingerprint density at radius 3 is 2.51 bits per heavy atom. The van der Waals surface area contributed by atoms with Gasteiger partial charge in [0.05, 0.1) is 6.42 Å². The Labute approximate surface area is 216 Å².